The smallest absolute Gasteiger partial charge is 0.326 e. The molecule has 0 amide bonds. The topological polar surface area (TPSA) is 61.5 Å². The molecule has 0 aliphatic rings. The number of benzene rings is 1. The number of nitrogens with two attached hydrogens (primary N) is 1. The summed E-state index contributed by atoms with van der Waals surface area (Å²) in [4.78, 5) is 19.7. The zero-order chi connectivity index (χ0) is 10.4. The van der Waals surface area contributed by atoms with Gasteiger partial charge < -0.3 is 5.73 Å². The first-order valence-electron chi connectivity index (χ1n) is 4.06. The van der Waals surface area contributed by atoms with Gasteiger partial charge >= 0.3 is 5.97 Å². The maximum Gasteiger partial charge on any atom is 0.378 e. The van der Waals surface area contributed by atoms with Crippen molar-refractivity contribution in [1.29, 1.82) is 0 Å². The first-order valence-corrected chi connectivity index (χ1v) is 4.06. The SMILES string of the molecule is C=CC(=O)OOc1ccc(CN)cc1. The number of hydrogen-bond acceptors (Lipinski definition) is 4. The van der Waals surface area contributed by atoms with Gasteiger partial charge in [0.1, 0.15) is 0 Å². The summed E-state index contributed by atoms with van der Waals surface area (Å²) in [5, 5.41) is 0. The Labute approximate surface area is 81.9 Å². The van der Waals surface area contributed by atoms with Crippen LogP contribution in [0.15, 0.2) is 36.9 Å². The zero-order valence-corrected chi connectivity index (χ0v) is 7.60. The van der Waals surface area contributed by atoms with Gasteiger partial charge in [0, 0.05) is 12.6 Å². The van der Waals surface area contributed by atoms with Gasteiger partial charge in [0.05, 0.1) is 0 Å². The van der Waals surface area contributed by atoms with Crippen LogP contribution < -0.4 is 10.6 Å². The summed E-state index contributed by atoms with van der Waals surface area (Å²) in [7, 11) is 0. The molecule has 0 aliphatic carbocycles. The summed E-state index contributed by atoms with van der Waals surface area (Å²) >= 11 is 0. The second-order valence-corrected chi connectivity index (χ2v) is 2.54. The Morgan fingerprint density at radius 3 is 2.57 bits per heavy atom. The van der Waals surface area contributed by atoms with Crippen LogP contribution >= 0.6 is 0 Å². The first kappa shape index (κ1) is 10.3. The third-order valence-corrected chi connectivity index (χ3v) is 1.55. The summed E-state index contributed by atoms with van der Waals surface area (Å²) in [6, 6.07) is 6.91. The van der Waals surface area contributed by atoms with Crippen molar-refractivity contribution >= 4 is 5.97 Å². The van der Waals surface area contributed by atoms with Crippen molar-refractivity contribution in [2.24, 2.45) is 5.73 Å². The van der Waals surface area contributed by atoms with Crippen LogP contribution in [-0.2, 0) is 16.2 Å². The molecule has 0 atom stereocenters. The Morgan fingerprint density at radius 1 is 1.43 bits per heavy atom. The van der Waals surface area contributed by atoms with Crippen LogP contribution in [0.25, 0.3) is 0 Å². The summed E-state index contributed by atoms with van der Waals surface area (Å²) in [5.74, 6) is -0.190. The van der Waals surface area contributed by atoms with E-state index >= 15 is 0 Å². The van der Waals surface area contributed by atoms with E-state index in [0.29, 0.717) is 12.3 Å². The molecule has 0 heterocycles. The molecule has 0 bridgehead atoms. The maximum absolute atomic E-state index is 10.6. The Bertz CT molecular complexity index is 319. The lowest BCUT2D eigenvalue weighted by Crippen LogP contribution is -2.04. The summed E-state index contributed by atoms with van der Waals surface area (Å²) in [5.41, 5.74) is 6.38. The fraction of sp³-hybridized carbons (Fsp3) is 0.100. The molecule has 74 valence electrons. The molecular formula is C10H11NO3. The quantitative estimate of drug-likeness (QED) is 0.443. The molecule has 0 radical (unpaired) electrons. The lowest BCUT2D eigenvalue weighted by atomic mass is 10.2. The van der Waals surface area contributed by atoms with E-state index in [1.54, 1.807) is 24.3 Å². The second kappa shape index (κ2) is 5.04. The normalized spacial score (nSPS) is 9.21. The molecule has 0 aromatic heterocycles. The Balaban J connectivity index is 2.51. The zero-order valence-electron chi connectivity index (χ0n) is 7.60. The lowest BCUT2D eigenvalue weighted by Gasteiger charge is -2.02. The van der Waals surface area contributed by atoms with Crippen molar-refractivity contribution in [3.8, 4) is 5.75 Å². The van der Waals surface area contributed by atoms with Gasteiger partial charge in [-0.3, -0.25) is 4.89 Å². The highest BCUT2D eigenvalue weighted by molar-refractivity contribution is 5.80. The number of carbonyl (C=O) groups is 1. The van der Waals surface area contributed by atoms with Crippen molar-refractivity contribution in [3.05, 3.63) is 42.5 Å². The Hall–Kier alpha value is -1.81. The van der Waals surface area contributed by atoms with Gasteiger partial charge in [0.15, 0.2) is 5.75 Å². The average Bonchev–Trinajstić information content (AvgIpc) is 2.26. The third-order valence-electron chi connectivity index (χ3n) is 1.55. The summed E-state index contributed by atoms with van der Waals surface area (Å²) < 4.78 is 0. The molecule has 0 unspecified atom stereocenters. The van der Waals surface area contributed by atoms with E-state index in [2.05, 4.69) is 11.5 Å². The van der Waals surface area contributed by atoms with Crippen molar-refractivity contribution in [2.75, 3.05) is 0 Å². The molecule has 0 spiro atoms. The fourth-order valence-electron chi connectivity index (χ4n) is 0.804. The standard InChI is InChI=1S/C10H11NO3/c1-2-10(12)14-13-9-5-3-8(7-11)4-6-9/h2-6H,1,7,11H2. The van der Waals surface area contributed by atoms with Crippen molar-refractivity contribution < 1.29 is 14.6 Å². The number of carbonyl (C=O) groups excluding carboxylic acids is 1. The number of hydrogen-bond donors (Lipinski definition) is 1. The highest BCUT2D eigenvalue weighted by Crippen LogP contribution is 2.11. The molecule has 0 aliphatic heterocycles. The van der Waals surface area contributed by atoms with Gasteiger partial charge in [0.2, 0.25) is 0 Å². The van der Waals surface area contributed by atoms with Gasteiger partial charge in [-0.25, -0.2) is 9.68 Å². The van der Waals surface area contributed by atoms with Crippen LogP contribution in [0.3, 0.4) is 0 Å². The van der Waals surface area contributed by atoms with Crippen LogP contribution in [0.1, 0.15) is 5.56 Å². The molecule has 1 aromatic rings. The molecule has 4 nitrogen and oxygen atoms in total. The molecule has 2 N–H and O–H groups in total. The minimum Gasteiger partial charge on any atom is -0.326 e. The number of rotatable bonds is 4. The predicted octanol–water partition coefficient (Wildman–Crippen LogP) is 1.17. The molecule has 14 heavy (non-hydrogen) atoms. The highest BCUT2D eigenvalue weighted by Gasteiger charge is 1.99. The van der Waals surface area contributed by atoms with Crippen LogP contribution in [0.4, 0.5) is 0 Å². The van der Waals surface area contributed by atoms with Crippen LogP contribution in [0.2, 0.25) is 0 Å². The van der Waals surface area contributed by atoms with Crippen molar-refractivity contribution in [1.82, 2.24) is 0 Å². The van der Waals surface area contributed by atoms with E-state index in [1.165, 1.54) is 0 Å². The molecule has 0 saturated heterocycles. The van der Waals surface area contributed by atoms with Crippen molar-refractivity contribution in [2.45, 2.75) is 6.54 Å². The Morgan fingerprint density at radius 2 is 2.07 bits per heavy atom. The minimum atomic E-state index is -0.632. The molecule has 1 aromatic carbocycles. The minimum absolute atomic E-state index is 0.442. The fourth-order valence-corrected chi connectivity index (χ4v) is 0.804. The highest BCUT2D eigenvalue weighted by atomic mass is 17.2. The lowest BCUT2D eigenvalue weighted by molar-refractivity contribution is -0.207. The molecular weight excluding hydrogens is 182 g/mol. The predicted molar refractivity (Wildman–Crippen MR) is 51.3 cm³/mol. The van der Waals surface area contributed by atoms with Crippen molar-refractivity contribution in [3.63, 3.8) is 0 Å². The Kier molecular flexibility index (Phi) is 3.69. The van der Waals surface area contributed by atoms with E-state index in [-0.39, 0.29) is 0 Å². The second-order valence-electron chi connectivity index (χ2n) is 2.54. The molecule has 0 saturated carbocycles. The van der Waals surface area contributed by atoms with Gasteiger partial charge in [-0.1, -0.05) is 18.7 Å². The van der Waals surface area contributed by atoms with Crippen LogP contribution in [0, 0.1) is 0 Å². The van der Waals surface area contributed by atoms with Gasteiger partial charge in [-0.05, 0) is 17.7 Å². The maximum atomic E-state index is 10.6. The third kappa shape index (κ3) is 2.91. The summed E-state index contributed by atoms with van der Waals surface area (Å²) in [6.45, 7) is 3.69. The van der Waals surface area contributed by atoms with E-state index in [4.69, 9.17) is 10.6 Å². The van der Waals surface area contributed by atoms with E-state index in [1.807, 2.05) is 0 Å². The molecule has 1 rings (SSSR count). The van der Waals surface area contributed by atoms with E-state index in [0.717, 1.165) is 11.6 Å². The van der Waals surface area contributed by atoms with Gasteiger partial charge in [0.25, 0.3) is 0 Å². The first-order chi connectivity index (χ1) is 6.76. The van der Waals surface area contributed by atoms with E-state index < -0.39 is 5.97 Å². The van der Waals surface area contributed by atoms with Gasteiger partial charge in [-0.15, -0.1) is 0 Å². The largest absolute Gasteiger partial charge is 0.378 e. The van der Waals surface area contributed by atoms with Gasteiger partial charge in [-0.2, -0.15) is 0 Å². The summed E-state index contributed by atoms with van der Waals surface area (Å²) in [6.07, 6.45) is 1.02. The monoisotopic (exact) mass is 193 g/mol. The average molecular weight is 193 g/mol. The van der Waals surface area contributed by atoms with E-state index in [9.17, 15) is 4.79 Å². The van der Waals surface area contributed by atoms with Crippen LogP contribution in [-0.4, -0.2) is 5.97 Å². The molecule has 0 fully saturated rings. The molecule has 4 heteroatoms. The van der Waals surface area contributed by atoms with Crippen LogP contribution in [0.5, 0.6) is 5.75 Å².